The molecule has 0 spiro atoms. The van der Waals surface area contributed by atoms with Gasteiger partial charge in [0.2, 0.25) is 0 Å². The highest BCUT2D eigenvalue weighted by atomic mass is 32.2. The number of aryl methyl sites for hydroxylation is 1. The molecule has 22 heavy (non-hydrogen) atoms. The molecule has 2 aromatic rings. The molecule has 118 valence electrons. The first-order chi connectivity index (χ1) is 10.5. The Morgan fingerprint density at radius 2 is 1.55 bits per heavy atom. The molecule has 0 unspecified atom stereocenters. The number of nitrogens with zero attached hydrogens (tertiary/aromatic N) is 1. The SMILES string of the molecule is Cc1ccc([S@](=O)(=N[C@H](CO)C(C)C)c2ccccc2)cc1. The summed E-state index contributed by atoms with van der Waals surface area (Å²) in [5.41, 5.74) is 1.11. The second-order valence-corrected chi connectivity index (χ2v) is 7.96. The summed E-state index contributed by atoms with van der Waals surface area (Å²) in [6, 6.07) is 16.5. The highest BCUT2D eigenvalue weighted by molar-refractivity contribution is 7.93. The van der Waals surface area contributed by atoms with Gasteiger partial charge in [0, 0.05) is 0 Å². The van der Waals surface area contributed by atoms with Crippen molar-refractivity contribution in [3.63, 3.8) is 0 Å². The van der Waals surface area contributed by atoms with Crippen LogP contribution in [0.5, 0.6) is 0 Å². The predicted octanol–water partition coefficient (Wildman–Crippen LogP) is 3.90. The Morgan fingerprint density at radius 1 is 1.00 bits per heavy atom. The Morgan fingerprint density at radius 3 is 2.05 bits per heavy atom. The van der Waals surface area contributed by atoms with Crippen LogP contribution in [0.4, 0.5) is 0 Å². The third-order valence-corrected chi connectivity index (χ3v) is 6.03. The maximum Gasteiger partial charge on any atom is 0.104 e. The van der Waals surface area contributed by atoms with Gasteiger partial charge < -0.3 is 5.11 Å². The Balaban J connectivity index is 2.67. The average molecular weight is 317 g/mol. The molecule has 0 aromatic heterocycles. The van der Waals surface area contributed by atoms with Gasteiger partial charge in [-0.2, -0.15) is 0 Å². The van der Waals surface area contributed by atoms with Gasteiger partial charge in [-0.15, -0.1) is 0 Å². The zero-order valence-corrected chi connectivity index (χ0v) is 14.1. The third kappa shape index (κ3) is 3.57. The van der Waals surface area contributed by atoms with Crippen LogP contribution >= 0.6 is 0 Å². The Labute approximate surface area is 133 Å². The predicted molar refractivity (Wildman–Crippen MR) is 90.4 cm³/mol. The van der Waals surface area contributed by atoms with E-state index in [1.54, 1.807) is 0 Å². The lowest BCUT2D eigenvalue weighted by Crippen LogP contribution is -2.20. The minimum absolute atomic E-state index is 0.104. The summed E-state index contributed by atoms with van der Waals surface area (Å²) >= 11 is 0. The van der Waals surface area contributed by atoms with E-state index in [-0.39, 0.29) is 18.6 Å². The van der Waals surface area contributed by atoms with Crippen molar-refractivity contribution in [3.8, 4) is 0 Å². The van der Waals surface area contributed by atoms with E-state index in [9.17, 15) is 9.32 Å². The zero-order valence-electron chi connectivity index (χ0n) is 13.3. The molecule has 0 fully saturated rings. The lowest BCUT2D eigenvalue weighted by Gasteiger charge is -2.18. The molecular formula is C18H23NO2S. The van der Waals surface area contributed by atoms with Crippen LogP contribution in [0.1, 0.15) is 19.4 Å². The normalized spacial score (nSPS) is 15.3. The van der Waals surface area contributed by atoms with Crippen molar-refractivity contribution in [2.75, 3.05) is 6.61 Å². The molecule has 0 saturated carbocycles. The molecule has 0 saturated heterocycles. The molecule has 2 atom stereocenters. The molecule has 0 bridgehead atoms. The molecule has 2 rings (SSSR count). The van der Waals surface area contributed by atoms with E-state index in [1.807, 2.05) is 75.4 Å². The molecular weight excluding hydrogens is 294 g/mol. The first-order valence-corrected chi connectivity index (χ1v) is 8.98. The Hall–Kier alpha value is -1.65. The van der Waals surface area contributed by atoms with Crippen LogP contribution in [-0.2, 0) is 9.73 Å². The van der Waals surface area contributed by atoms with Crippen LogP contribution in [0, 0.1) is 12.8 Å². The largest absolute Gasteiger partial charge is 0.394 e. The fraction of sp³-hybridized carbons (Fsp3) is 0.333. The Kier molecular flexibility index (Phi) is 5.37. The van der Waals surface area contributed by atoms with Crippen LogP contribution < -0.4 is 0 Å². The average Bonchev–Trinajstić information content (AvgIpc) is 2.53. The van der Waals surface area contributed by atoms with Crippen molar-refractivity contribution in [2.24, 2.45) is 10.3 Å². The topological polar surface area (TPSA) is 49.7 Å². The van der Waals surface area contributed by atoms with E-state index >= 15 is 0 Å². The maximum absolute atomic E-state index is 13.7. The summed E-state index contributed by atoms with van der Waals surface area (Å²) in [6.07, 6.45) is 0. The summed E-state index contributed by atoms with van der Waals surface area (Å²) in [5, 5.41) is 9.58. The Bertz CT molecular complexity index is 715. The van der Waals surface area contributed by atoms with Gasteiger partial charge in [0.15, 0.2) is 0 Å². The summed E-state index contributed by atoms with van der Waals surface area (Å²) in [6.45, 7) is 5.85. The zero-order chi connectivity index (χ0) is 16.2. The summed E-state index contributed by atoms with van der Waals surface area (Å²) in [4.78, 5) is 1.36. The summed E-state index contributed by atoms with van der Waals surface area (Å²) < 4.78 is 18.3. The molecule has 0 aliphatic heterocycles. The first-order valence-electron chi connectivity index (χ1n) is 7.46. The molecule has 3 nitrogen and oxygen atoms in total. The standard InChI is InChI=1S/C18H23NO2S/c1-14(2)18(13-20)19-22(21,16-7-5-4-6-8-16)17-11-9-15(3)10-12-17/h4-12,14,18,20H,13H2,1-3H3/t18-,22+/m1/s1. The lowest BCUT2D eigenvalue weighted by atomic mass is 10.1. The summed E-state index contributed by atoms with van der Waals surface area (Å²) in [7, 11) is -2.75. The van der Waals surface area contributed by atoms with Crippen molar-refractivity contribution < 1.29 is 9.32 Å². The fourth-order valence-corrected chi connectivity index (χ4v) is 4.38. The first kappa shape index (κ1) is 16.7. The van der Waals surface area contributed by atoms with Crippen LogP contribution in [-0.4, -0.2) is 22.0 Å². The van der Waals surface area contributed by atoms with Crippen LogP contribution in [0.3, 0.4) is 0 Å². The van der Waals surface area contributed by atoms with Crippen molar-refractivity contribution in [1.82, 2.24) is 0 Å². The minimum Gasteiger partial charge on any atom is -0.394 e. The maximum atomic E-state index is 13.7. The second kappa shape index (κ2) is 7.07. The monoisotopic (exact) mass is 317 g/mol. The molecule has 2 aromatic carbocycles. The lowest BCUT2D eigenvalue weighted by molar-refractivity contribution is 0.240. The van der Waals surface area contributed by atoms with Crippen molar-refractivity contribution in [2.45, 2.75) is 36.6 Å². The minimum atomic E-state index is -2.75. The third-order valence-electron chi connectivity index (χ3n) is 3.64. The highest BCUT2D eigenvalue weighted by Crippen LogP contribution is 2.26. The quantitative estimate of drug-likeness (QED) is 0.909. The van der Waals surface area contributed by atoms with Crippen LogP contribution in [0.15, 0.2) is 68.8 Å². The smallest absolute Gasteiger partial charge is 0.104 e. The van der Waals surface area contributed by atoms with Gasteiger partial charge in [0.1, 0.15) is 9.73 Å². The van der Waals surface area contributed by atoms with E-state index in [1.165, 1.54) is 0 Å². The molecule has 0 radical (unpaired) electrons. The number of rotatable bonds is 5. The number of aliphatic hydroxyl groups excluding tert-OH is 1. The summed E-state index contributed by atoms with van der Waals surface area (Å²) in [5.74, 6) is 0.125. The van der Waals surface area contributed by atoms with E-state index in [0.29, 0.717) is 9.79 Å². The van der Waals surface area contributed by atoms with Gasteiger partial charge >= 0.3 is 0 Å². The van der Waals surface area contributed by atoms with Crippen molar-refractivity contribution in [3.05, 3.63) is 60.2 Å². The highest BCUT2D eigenvalue weighted by Gasteiger charge is 2.20. The van der Waals surface area contributed by atoms with Gasteiger partial charge in [-0.25, -0.2) is 8.57 Å². The van der Waals surface area contributed by atoms with E-state index in [2.05, 4.69) is 4.36 Å². The van der Waals surface area contributed by atoms with Gasteiger partial charge in [-0.3, -0.25) is 0 Å². The van der Waals surface area contributed by atoms with Gasteiger partial charge in [0.05, 0.1) is 22.4 Å². The number of hydrogen-bond acceptors (Lipinski definition) is 3. The van der Waals surface area contributed by atoms with Crippen molar-refractivity contribution in [1.29, 1.82) is 0 Å². The molecule has 0 aliphatic carbocycles. The van der Waals surface area contributed by atoms with Crippen molar-refractivity contribution >= 4 is 9.73 Å². The molecule has 0 amide bonds. The molecule has 1 N–H and O–H groups in total. The molecule has 4 heteroatoms. The molecule has 0 aliphatic rings. The van der Waals surface area contributed by atoms with Gasteiger partial charge in [-0.05, 0) is 37.1 Å². The van der Waals surface area contributed by atoms with E-state index in [0.717, 1.165) is 5.56 Å². The molecule has 0 heterocycles. The number of hydrogen-bond donors (Lipinski definition) is 1. The van der Waals surface area contributed by atoms with Crippen LogP contribution in [0.2, 0.25) is 0 Å². The van der Waals surface area contributed by atoms with Gasteiger partial charge in [-0.1, -0.05) is 49.7 Å². The van der Waals surface area contributed by atoms with Crippen LogP contribution in [0.25, 0.3) is 0 Å². The van der Waals surface area contributed by atoms with Gasteiger partial charge in [0.25, 0.3) is 0 Å². The number of aliphatic hydroxyl groups is 1. The second-order valence-electron chi connectivity index (χ2n) is 5.75. The van der Waals surface area contributed by atoms with E-state index in [4.69, 9.17) is 0 Å². The number of benzene rings is 2. The van der Waals surface area contributed by atoms with E-state index < -0.39 is 9.73 Å². The fourth-order valence-electron chi connectivity index (χ4n) is 2.14.